The first kappa shape index (κ1) is 16.8. The fourth-order valence-corrected chi connectivity index (χ4v) is 4.47. The summed E-state index contributed by atoms with van der Waals surface area (Å²) in [6.45, 7) is 1.36. The zero-order valence-electron chi connectivity index (χ0n) is 12.3. The number of aliphatic imine (C=N–C) groups is 1. The van der Waals surface area contributed by atoms with E-state index in [1.165, 1.54) is 39.0 Å². The van der Waals surface area contributed by atoms with Crippen LogP contribution in [0.3, 0.4) is 0 Å². The predicted octanol–water partition coefficient (Wildman–Crippen LogP) is 5.12. The highest BCUT2D eigenvalue weighted by atomic mass is 32.2. The first-order valence-corrected chi connectivity index (χ1v) is 8.48. The largest absolute Gasteiger partial charge is 0.390 e. The quantitative estimate of drug-likeness (QED) is 0.722. The van der Waals surface area contributed by atoms with Gasteiger partial charge in [-0.2, -0.15) is 13.2 Å². The number of hydrogen-bond acceptors (Lipinski definition) is 2. The van der Waals surface area contributed by atoms with Crippen molar-refractivity contribution in [3.8, 4) is 0 Å². The zero-order valence-corrected chi connectivity index (χ0v) is 13.2. The standard InChI is InChI=1S/C15H22F3NOS/c1-14(10-15(16,17)18)13(20)19-12(21-14)9-11-7-5-3-2-4-6-8-11/h11H,2-10H2,1H3. The Balaban J connectivity index is 1.93. The maximum Gasteiger partial charge on any atom is 0.390 e. The highest BCUT2D eigenvalue weighted by Gasteiger charge is 2.49. The number of rotatable bonds is 3. The van der Waals surface area contributed by atoms with Gasteiger partial charge < -0.3 is 0 Å². The maximum atomic E-state index is 12.6. The smallest absolute Gasteiger partial charge is 0.271 e. The fourth-order valence-electron chi connectivity index (χ4n) is 3.13. The van der Waals surface area contributed by atoms with E-state index < -0.39 is 23.3 Å². The molecular weight excluding hydrogens is 299 g/mol. The van der Waals surface area contributed by atoms with Gasteiger partial charge in [0.15, 0.2) is 0 Å². The monoisotopic (exact) mass is 321 g/mol. The minimum absolute atomic E-state index is 0.470. The second-order valence-electron chi connectivity index (χ2n) is 6.35. The molecule has 1 unspecified atom stereocenters. The zero-order chi connectivity index (χ0) is 15.5. The van der Waals surface area contributed by atoms with Crippen molar-refractivity contribution < 1.29 is 18.0 Å². The van der Waals surface area contributed by atoms with E-state index in [9.17, 15) is 18.0 Å². The lowest BCUT2D eigenvalue weighted by Crippen LogP contribution is -2.33. The first-order chi connectivity index (χ1) is 9.78. The van der Waals surface area contributed by atoms with Gasteiger partial charge in [-0.15, -0.1) is 0 Å². The van der Waals surface area contributed by atoms with E-state index in [0.29, 0.717) is 17.4 Å². The lowest BCUT2D eigenvalue weighted by Gasteiger charge is -2.23. The summed E-state index contributed by atoms with van der Waals surface area (Å²) in [6, 6.07) is 0. The van der Waals surface area contributed by atoms with Gasteiger partial charge in [0, 0.05) is 0 Å². The highest BCUT2D eigenvalue weighted by Crippen LogP contribution is 2.44. The summed E-state index contributed by atoms with van der Waals surface area (Å²) in [4.78, 5) is 15.8. The van der Waals surface area contributed by atoms with Crippen molar-refractivity contribution in [2.75, 3.05) is 0 Å². The van der Waals surface area contributed by atoms with E-state index in [0.717, 1.165) is 24.6 Å². The summed E-state index contributed by atoms with van der Waals surface area (Å²) in [5, 5.41) is 0.609. The molecule has 0 saturated heterocycles. The number of carbonyl (C=O) groups excluding carboxylic acids is 1. The lowest BCUT2D eigenvalue weighted by molar-refractivity contribution is -0.147. The highest BCUT2D eigenvalue weighted by molar-refractivity contribution is 8.16. The molecule has 6 heteroatoms. The molecule has 21 heavy (non-hydrogen) atoms. The molecule has 1 atom stereocenters. The molecule has 1 aliphatic carbocycles. The van der Waals surface area contributed by atoms with Crippen LogP contribution in [0, 0.1) is 5.92 Å². The van der Waals surface area contributed by atoms with E-state index in [4.69, 9.17) is 0 Å². The van der Waals surface area contributed by atoms with Gasteiger partial charge in [0.2, 0.25) is 0 Å². The summed E-state index contributed by atoms with van der Waals surface area (Å²) in [7, 11) is 0. The summed E-state index contributed by atoms with van der Waals surface area (Å²) in [6.07, 6.45) is 3.56. The summed E-state index contributed by atoms with van der Waals surface area (Å²) in [5.41, 5.74) is 0. The van der Waals surface area contributed by atoms with Crippen LogP contribution >= 0.6 is 11.8 Å². The van der Waals surface area contributed by atoms with Gasteiger partial charge in [-0.3, -0.25) is 4.79 Å². The molecule has 1 heterocycles. The average Bonchev–Trinajstić information content (AvgIpc) is 2.55. The number of thioether (sulfide) groups is 1. The minimum atomic E-state index is -4.33. The van der Waals surface area contributed by atoms with E-state index in [2.05, 4.69) is 4.99 Å². The minimum Gasteiger partial charge on any atom is -0.271 e. The Morgan fingerprint density at radius 3 is 2.33 bits per heavy atom. The van der Waals surface area contributed by atoms with Crippen LogP contribution in [-0.4, -0.2) is 21.9 Å². The SMILES string of the molecule is CC1(CC(F)(F)F)SC(CC2CCCCCCC2)=NC1=O. The maximum absolute atomic E-state index is 12.6. The molecule has 0 aromatic rings. The second kappa shape index (κ2) is 6.71. The summed E-state index contributed by atoms with van der Waals surface area (Å²) < 4.78 is 36.3. The molecule has 1 aliphatic heterocycles. The Morgan fingerprint density at radius 2 is 1.76 bits per heavy atom. The number of hydrogen-bond donors (Lipinski definition) is 0. The van der Waals surface area contributed by atoms with Crippen molar-refractivity contribution in [1.29, 1.82) is 0 Å². The van der Waals surface area contributed by atoms with Gasteiger partial charge >= 0.3 is 6.18 Å². The number of carbonyl (C=O) groups is 1. The third-order valence-electron chi connectivity index (χ3n) is 4.25. The number of amides is 1. The van der Waals surface area contributed by atoms with Crippen LogP contribution in [0.1, 0.15) is 64.7 Å². The molecule has 1 amide bonds. The van der Waals surface area contributed by atoms with Gasteiger partial charge in [0.25, 0.3) is 5.91 Å². The molecule has 2 rings (SSSR count). The molecular formula is C15H22F3NOS. The summed E-state index contributed by atoms with van der Waals surface area (Å²) >= 11 is 1.03. The van der Waals surface area contributed by atoms with Crippen molar-refractivity contribution in [2.24, 2.45) is 10.9 Å². The van der Waals surface area contributed by atoms with Crippen LogP contribution in [-0.2, 0) is 4.79 Å². The third-order valence-corrected chi connectivity index (χ3v) is 5.51. The third kappa shape index (κ3) is 5.01. The first-order valence-electron chi connectivity index (χ1n) is 7.66. The van der Waals surface area contributed by atoms with E-state index in [-0.39, 0.29) is 0 Å². The van der Waals surface area contributed by atoms with E-state index >= 15 is 0 Å². The Hall–Kier alpha value is -0.520. The fraction of sp³-hybridized carbons (Fsp3) is 0.867. The van der Waals surface area contributed by atoms with Crippen LogP contribution in [0.5, 0.6) is 0 Å². The Labute approximate surface area is 128 Å². The Bertz CT molecular complexity index is 414. The van der Waals surface area contributed by atoms with Crippen LogP contribution in [0.4, 0.5) is 13.2 Å². The van der Waals surface area contributed by atoms with Gasteiger partial charge in [-0.1, -0.05) is 56.7 Å². The molecule has 1 saturated carbocycles. The van der Waals surface area contributed by atoms with Crippen molar-refractivity contribution in [3.05, 3.63) is 0 Å². The Morgan fingerprint density at radius 1 is 1.19 bits per heavy atom. The number of alkyl halides is 3. The molecule has 120 valence electrons. The molecule has 0 aromatic carbocycles. The molecule has 0 radical (unpaired) electrons. The van der Waals surface area contributed by atoms with Gasteiger partial charge in [0.1, 0.15) is 4.75 Å². The molecule has 1 fully saturated rings. The van der Waals surface area contributed by atoms with Crippen molar-refractivity contribution in [1.82, 2.24) is 0 Å². The molecule has 0 aromatic heterocycles. The summed E-state index contributed by atoms with van der Waals surface area (Å²) in [5.74, 6) is -0.150. The van der Waals surface area contributed by atoms with Crippen molar-refractivity contribution in [3.63, 3.8) is 0 Å². The normalized spacial score (nSPS) is 29.1. The van der Waals surface area contributed by atoms with Gasteiger partial charge in [0.05, 0.1) is 11.5 Å². The van der Waals surface area contributed by atoms with E-state index in [1.807, 2.05) is 0 Å². The van der Waals surface area contributed by atoms with Gasteiger partial charge in [-0.05, 0) is 19.3 Å². The number of nitrogens with zero attached hydrogens (tertiary/aromatic N) is 1. The van der Waals surface area contributed by atoms with Crippen LogP contribution in [0.2, 0.25) is 0 Å². The van der Waals surface area contributed by atoms with E-state index in [1.54, 1.807) is 0 Å². The van der Waals surface area contributed by atoms with Crippen molar-refractivity contribution in [2.45, 2.75) is 75.6 Å². The molecule has 0 N–H and O–H groups in total. The Kier molecular flexibility index (Phi) is 5.38. The number of halogens is 3. The van der Waals surface area contributed by atoms with Crippen molar-refractivity contribution >= 4 is 22.7 Å². The lowest BCUT2D eigenvalue weighted by atomic mass is 9.89. The molecule has 0 bridgehead atoms. The van der Waals surface area contributed by atoms with Gasteiger partial charge in [-0.25, -0.2) is 4.99 Å². The molecule has 2 nitrogen and oxygen atoms in total. The molecule has 0 spiro atoms. The van der Waals surface area contributed by atoms with Crippen LogP contribution in [0.15, 0.2) is 4.99 Å². The topological polar surface area (TPSA) is 29.4 Å². The second-order valence-corrected chi connectivity index (χ2v) is 7.93. The molecule has 2 aliphatic rings. The van der Waals surface area contributed by atoms with Crippen LogP contribution in [0.25, 0.3) is 0 Å². The van der Waals surface area contributed by atoms with Crippen LogP contribution < -0.4 is 0 Å². The average molecular weight is 321 g/mol. The predicted molar refractivity (Wildman–Crippen MR) is 79.5 cm³/mol.